The molecule has 0 atom stereocenters. The van der Waals surface area contributed by atoms with Crippen molar-refractivity contribution in [2.45, 2.75) is 19.8 Å². The first-order valence-electron chi connectivity index (χ1n) is 5.87. The number of terminal acetylenes is 1. The molecule has 1 fully saturated rings. The molecule has 0 spiro atoms. The first-order chi connectivity index (χ1) is 8.61. The number of aromatic carboxylic acids is 1. The van der Waals surface area contributed by atoms with E-state index in [0.717, 1.165) is 6.54 Å². The van der Waals surface area contributed by atoms with Gasteiger partial charge in [-0.1, -0.05) is 5.92 Å². The van der Waals surface area contributed by atoms with Crippen molar-refractivity contribution in [3.63, 3.8) is 0 Å². The third kappa shape index (κ3) is 2.77. The molecule has 0 aliphatic heterocycles. The van der Waals surface area contributed by atoms with E-state index in [1.54, 1.807) is 6.92 Å². The Morgan fingerprint density at radius 3 is 2.94 bits per heavy atom. The monoisotopic (exact) mass is 245 g/mol. The molecule has 0 aromatic carbocycles. The number of rotatable bonds is 5. The maximum atomic E-state index is 11.2. The third-order valence-electron chi connectivity index (χ3n) is 2.88. The highest BCUT2D eigenvalue weighted by atomic mass is 16.4. The van der Waals surface area contributed by atoms with Crippen molar-refractivity contribution in [1.29, 1.82) is 0 Å². The van der Waals surface area contributed by atoms with Crippen LogP contribution in [0.4, 0.5) is 5.82 Å². The quantitative estimate of drug-likeness (QED) is 0.793. The summed E-state index contributed by atoms with van der Waals surface area (Å²) in [6.45, 7) is 2.87. The van der Waals surface area contributed by atoms with Crippen LogP contribution in [0.15, 0.2) is 6.20 Å². The van der Waals surface area contributed by atoms with Gasteiger partial charge in [0.1, 0.15) is 17.2 Å². The summed E-state index contributed by atoms with van der Waals surface area (Å²) in [6.07, 6.45) is 9.04. The van der Waals surface area contributed by atoms with Crippen LogP contribution >= 0.6 is 0 Å². The van der Waals surface area contributed by atoms with Gasteiger partial charge in [0, 0.05) is 12.7 Å². The summed E-state index contributed by atoms with van der Waals surface area (Å²) >= 11 is 0. The van der Waals surface area contributed by atoms with E-state index in [9.17, 15) is 4.79 Å². The lowest BCUT2D eigenvalue weighted by molar-refractivity contribution is 0.0696. The molecule has 1 N–H and O–H groups in total. The zero-order valence-electron chi connectivity index (χ0n) is 10.3. The van der Waals surface area contributed by atoms with Crippen molar-refractivity contribution in [3.8, 4) is 12.3 Å². The molecule has 0 unspecified atom stereocenters. The fourth-order valence-corrected chi connectivity index (χ4v) is 1.80. The van der Waals surface area contributed by atoms with Gasteiger partial charge in [-0.15, -0.1) is 6.42 Å². The van der Waals surface area contributed by atoms with Gasteiger partial charge in [-0.2, -0.15) is 0 Å². The molecule has 5 nitrogen and oxygen atoms in total. The molecular formula is C13H15N3O2. The Balaban J connectivity index is 2.34. The zero-order chi connectivity index (χ0) is 13.1. The van der Waals surface area contributed by atoms with E-state index in [0.29, 0.717) is 24.1 Å². The van der Waals surface area contributed by atoms with Crippen LogP contribution in [0.25, 0.3) is 0 Å². The normalized spacial score (nSPS) is 14.0. The molecule has 1 aromatic heterocycles. The molecule has 1 aliphatic rings. The van der Waals surface area contributed by atoms with Crippen LogP contribution in [0.2, 0.25) is 0 Å². The van der Waals surface area contributed by atoms with Crippen LogP contribution in [0.5, 0.6) is 0 Å². The maximum Gasteiger partial charge on any atom is 0.341 e. The van der Waals surface area contributed by atoms with Gasteiger partial charge in [-0.05, 0) is 25.7 Å². The van der Waals surface area contributed by atoms with E-state index < -0.39 is 5.97 Å². The average molecular weight is 245 g/mol. The number of carbonyl (C=O) groups is 1. The van der Waals surface area contributed by atoms with Gasteiger partial charge < -0.3 is 10.0 Å². The van der Waals surface area contributed by atoms with Gasteiger partial charge in [0.05, 0.1) is 6.54 Å². The van der Waals surface area contributed by atoms with Crippen LogP contribution in [-0.4, -0.2) is 34.1 Å². The van der Waals surface area contributed by atoms with Crippen molar-refractivity contribution >= 4 is 11.8 Å². The molecule has 2 rings (SSSR count). The molecule has 0 radical (unpaired) electrons. The Hall–Kier alpha value is -2.09. The van der Waals surface area contributed by atoms with E-state index in [2.05, 4.69) is 15.9 Å². The van der Waals surface area contributed by atoms with Crippen molar-refractivity contribution in [2.75, 3.05) is 18.0 Å². The molecule has 1 aromatic rings. The predicted octanol–water partition coefficient (Wildman–Crippen LogP) is 1.33. The van der Waals surface area contributed by atoms with E-state index in [1.165, 1.54) is 19.0 Å². The summed E-state index contributed by atoms with van der Waals surface area (Å²) in [4.78, 5) is 21.2. The van der Waals surface area contributed by atoms with Crippen molar-refractivity contribution in [2.24, 2.45) is 5.92 Å². The average Bonchev–Trinajstić information content (AvgIpc) is 3.12. The molecule has 1 aliphatic carbocycles. The van der Waals surface area contributed by atoms with Crippen molar-refractivity contribution < 1.29 is 9.90 Å². The van der Waals surface area contributed by atoms with Gasteiger partial charge in [-0.3, -0.25) is 0 Å². The predicted molar refractivity (Wildman–Crippen MR) is 67.5 cm³/mol. The molecule has 1 saturated carbocycles. The lowest BCUT2D eigenvalue weighted by Gasteiger charge is -2.22. The Kier molecular flexibility index (Phi) is 3.47. The Bertz CT molecular complexity index is 503. The van der Waals surface area contributed by atoms with E-state index in [1.807, 2.05) is 4.90 Å². The maximum absolute atomic E-state index is 11.2. The van der Waals surface area contributed by atoms with Gasteiger partial charge in [0.15, 0.2) is 0 Å². The second kappa shape index (κ2) is 5.05. The Labute approximate surface area is 106 Å². The molecular weight excluding hydrogens is 230 g/mol. The van der Waals surface area contributed by atoms with Crippen LogP contribution in [0.1, 0.15) is 29.0 Å². The molecule has 0 bridgehead atoms. The smallest absolute Gasteiger partial charge is 0.341 e. The number of hydrogen-bond donors (Lipinski definition) is 1. The van der Waals surface area contributed by atoms with Gasteiger partial charge >= 0.3 is 5.97 Å². The molecule has 18 heavy (non-hydrogen) atoms. The standard InChI is InChI=1S/C13H15N3O2/c1-3-6-16(8-10-4-5-10)12-11(13(17)18)7-14-9(2)15-12/h1,7,10H,4-6,8H2,2H3,(H,17,18). The first-order valence-corrected chi connectivity index (χ1v) is 5.87. The minimum Gasteiger partial charge on any atom is -0.477 e. The van der Waals surface area contributed by atoms with Crippen molar-refractivity contribution in [3.05, 3.63) is 17.6 Å². The van der Waals surface area contributed by atoms with Crippen LogP contribution in [0, 0.1) is 25.2 Å². The number of carboxylic acid groups (broad SMARTS) is 1. The fraction of sp³-hybridized carbons (Fsp3) is 0.462. The number of anilines is 1. The molecule has 5 heteroatoms. The highest BCUT2D eigenvalue weighted by molar-refractivity contribution is 5.93. The van der Waals surface area contributed by atoms with Gasteiger partial charge in [0.2, 0.25) is 0 Å². The number of hydrogen-bond acceptors (Lipinski definition) is 4. The van der Waals surface area contributed by atoms with E-state index >= 15 is 0 Å². The lowest BCUT2D eigenvalue weighted by atomic mass is 10.2. The summed E-state index contributed by atoms with van der Waals surface area (Å²) < 4.78 is 0. The van der Waals surface area contributed by atoms with Crippen LogP contribution in [0.3, 0.4) is 0 Å². The second-order valence-corrected chi connectivity index (χ2v) is 4.49. The summed E-state index contributed by atoms with van der Waals surface area (Å²) in [6, 6.07) is 0. The largest absolute Gasteiger partial charge is 0.477 e. The second-order valence-electron chi connectivity index (χ2n) is 4.49. The number of aryl methyl sites for hydroxylation is 1. The first kappa shape index (κ1) is 12.4. The SMILES string of the molecule is C#CCN(CC1CC1)c1nc(C)ncc1C(=O)O. The highest BCUT2D eigenvalue weighted by Gasteiger charge is 2.27. The summed E-state index contributed by atoms with van der Waals surface area (Å²) in [5.41, 5.74) is 0.108. The molecule has 1 heterocycles. The molecule has 94 valence electrons. The summed E-state index contributed by atoms with van der Waals surface area (Å²) in [5, 5.41) is 9.17. The number of aromatic nitrogens is 2. The van der Waals surface area contributed by atoms with E-state index in [-0.39, 0.29) is 5.56 Å². The third-order valence-corrected chi connectivity index (χ3v) is 2.88. The van der Waals surface area contributed by atoms with E-state index in [4.69, 9.17) is 11.5 Å². The fourth-order valence-electron chi connectivity index (χ4n) is 1.80. The molecule has 0 saturated heterocycles. The summed E-state index contributed by atoms with van der Waals surface area (Å²) in [7, 11) is 0. The zero-order valence-corrected chi connectivity index (χ0v) is 10.3. The number of carboxylic acids is 1. The highest BCUT2D eigenvalue weighted by Crippen LogP contribution is 2.31. The van der Waals surface area contributed by atoms with Crippen molar-refractivity contribution in [1.82, 2.24) is 9.97 Å². The minimum atomic E-state index is -1.03. The Morgan fingerprint density at radius 1 is 1.67 bits per heavy atom. The van der Waals surface area contributed by atoms with Gasteiger partial charge in [-0.25, -0.2) is 14.8 Å². The van der Waals surface area contributed by atoms with Gasteiger partial charge in [0.25, 0.3) is 0 Å². The van der Waals surface area contributed by atoms with Crippen LogP contribution < -0.4 is 4.90 Å². The number of nitrogens with zero attached hydrogens (tertiary/aromatic N) is 3. The minimum absolute atomic E-state index is 0.108. The topological polar surface area (TPSA) is 66.3 Å². The summed E-state index contributed by atoms with van der Waals surface area (Å²) in [5.74, 6) is 3.12. The lowest BCUT2D eigenvalue weighted by Crippen LogP contribution is -2.29. The Morgan fingerprint density at radius 2 is 2.39 bits per heavy atom. The van der Waals surface area contributed by atoms with Crippen LogP contribution in [-0.2, 0) is 0 Å². The molecule has 0 amide bonds.